The molecule has 0 spiro atoms. The predicted molar refractivity (Wildman–Crippen MR) is 68.2 cm³/mol. The Morgan fingerprint density at radius 2 is 2.17 bits per heavy atom. The van der Waals surface area contributed by atoms with E-state index < -0.39 is 5.82 Å². The predicted octanol–water partition coefficient (Wildman–Crippen LogP) is 2.67. The second-order valence-electron chi connectivity index (χ2n) is 5.13. The Bertz CT molecular complexity index is 616. The molecular weight excluding hydrogens is 233 g/mol. The molecule has 5 heteroatoms. The van der Waals surface area contributed by atoms with Gasteiger partial charge in [0.2, 0.25) is 5.95 Å². The molecule has 96 valence electrons. The lowest BCUT2D eigenvalue weighted by molar-refractivity contribution is 0.177. The van der Waals surface area contributed by atoms with Crippen LogP contribution in [-0.4, -0.2) is 16.7 Å². The van der Waals surface area contributed by atoms with Crippen LogP contribution in [0.3, 0.4) is 0 Å². The van der Waals surface area contributed by atoms with E-state index in [-0.39, 0.29) is 11.3 Å². The van der Waals surface area contributed by atoms with Crippen LogP contribution in [0.1, 0.15) is 26.2 Å². The van der Waals surface area contributed by atoms with Crippen LogP contribution >= 0.6 is 0 Å². The van der Waals surface area contributed by atoms with Crippen LogP contribution in [0.25, 0.3) is 11.0 Å². The van der Waals surface area contributed by atoms with Crippen molar-refractivity contribution >= 4 is 17.0 Å². The minimum Gasteiger partial charge on any atom is -0.494 e. The highest BCUT2D eigenvalue weighted by atomic mass is 19.1. The summed E-state index contributed by atoms with van der Waals surface area (Å²) in [5, 5.41) is 0. The summed E-state index contributed by atoms with van der Waals surface area (Å²) in [6.07, 6.45) is 3.33. The molecule has 18 heavy (non-hydrogen) atoms. The second kappa shape index (κ2) is 3.60. The van der Waals surface area contributed by atoms with Crippen LogP contribution in [0.15, 0.2) is 12.1 Å². The lowest BCUT2D eigenvalue weighted by Crippen LogP contribution is -2.37. The smallest absolute Gasteiger partial charge is 0.201 e. The van der Waals surface area contributed by atoms with Crippen LogP contribution in [0.2, 0.25) is 0 Å². The Kier molecular flexibility index (Phi) is 2.27. The highest BCUT2D eigenvalue weighted by Gasteiger charge is 2.36. The number of imidazole rings is 1. The summed E-state index contributed by atoms with van der Waals surface area (Å²) in [6.45, 7) is 2.16. The van der Waals surface area contributed by atoms with Gasteiger partial charge in [-0.1, -0.05) is 0 Å². The fourth-order valence-corrected chi connectivity index (χ4v) is 2.73. The molecule has 1 saturated carbocycles. The van der Waals surface area contributed by atoms with Crippen LogP contribution in [0, 0.1) is 5.82 Å². The Labute approximate surface area is 105 Å². The molecule has 0 bridgehead atoms. The van der Waals surface area contributed by atoms with E-state index in [0.29, 0.717) is 11.5 Å². The number of aromatic nitrogens is 2. The third kappa shape index (κ3) is 1.39. The van der Waals surface area contributed by atoms with Gasteiger partial charge in [-0.25, -0.2) is 9.37 Å². The molecule has 4 nitrogen and oxygen atoms in total. The van der Waals surface area contributed by atoms with Crippen molar-refractivity contribution in [3.05, 3.63) is 17.9 Å². The molecule has 1 heterocycles. The number of nitrogens with zero attached hydrogens (tertiary/aromatic N) is 2. The average molecular weight is 249 g/mol. The normalized spacial score (nSPS) is 17.7. The van der Waals surface area contributed by atoms with Crippen molar-refractivity contribution < 1.29 is 9.13 Å². The summed E-state index contributed by atoms with van der Waals surface area (Å²) in [6, 6.07) is 3.06. The van der Waals surface area contributed by atoms with Crippen molar-refractivity contribution in [2.24, 2.45) is 0 Å². The summed E-state index contributed by atoms with van der Waals surface area (Å²) in [4.78, 5) is 4.24. The summed E-state index contributed by atoms with van der Waals surface area (Å²) in [7, 11) is 1.46. The zero-order valence-electron chi connectivity index (χ0n) is 10.5. The van der Waals surface area contributed by atoms with E-state index in [4.69, 9.17) is 10.5 Å². The van der Waals surface area contributed by atoms with Gasteiger partial charge in [0.15, 0.2) is 11.6 Å². The maximum Gasteiger partial charge on any atom is 0.201 e. The van der Waals surface area contributed by atoms with Crippen molar-refractivity contribution in [2.75, 3.05) is 12.8 Å². The molecular formula is C13H16FN3O. The van der Waals surface area contributed by atoms with Crippen molar-refractivity contribution in [1.82, 2.24) is 9.55 Å². The second-order valence-corrected chi connectivity index (χ2v) is 5.13. The van der Waals surface area contributed by atoms with Gasteiger partial charge in [0, 0.05) is 17.7 Å². The maximum atomic E-state index is 13.6. The number of nitrogen functional groups attached to an aromatic ring is 1. The van der Waals surface area contributed by atoms with Crippen molar-refractivity contribution in [3.63, 3.8) is 0 Å². The third-order valence-corrected chi connectivity index (χ3v) is 3.92. The maximum absolute atomic E-state index is 13.6. The highest BCUT2D eigenvalue weighted by Crippen LogP contribution is 2.43. The monoisotopic (exact) mass is 249 g/mol. The lowest BCUT2D eigenvalue weighted by atomic mass is 9.78. The fourth-order valence-electron chi connectivity index (χ4n) is 2.73. The van der Waals surface area contributed by atoms with Gasteiger partial charge in [-0.2, -0.15) is 0 Å². The number of halogens is 1. The number of methoxy groups -OCH3 is 1. The lowest BCUT2D eigenvalue weighted by Gasteiger charge is -2.40. The van der Waals surface area contributed by atoms with Gasteiger partial charge in [-0.15, -0.1) is 0 Å². The Hall–Kier alpha value is -1.78. The zero-order valence-corrected chi connectivity index (χ0v) is 10.5. The molecule has 0 amide bonds. The zero-order chi connectivity index (χ0) is 12.9. The van der Waals surface area contributed by atoms with Gasteiger partial charge >= 0.3 is 0 Å². The summed E-state index contributed by atoms with van der Waals surface area (Å²) >= 11 is 0. The van der Waals surface area contributed by atoms with Crippen LogP contribution in [-0.2, 0) is 5.54 Å². The first-order valence-electron chi connectivity index (χ1n) is 6.07. The molecule has 1 fully saturated rings. The van der Waals surface area contributed by atoms with Gasteiger partial charge in [-0.05, 0) is 26.2 Å². The number of rotatable bonds is 2. The van der Waals surface area contributed by atoms with Crippen molar-refractivity contribution in [1.29, 1.82) is 0 Å². The number of hydrogen-bond acceptors (Lipinski definition) is 3. The number of fused-ring (bicyclic) bond motifs is 1. The number of benzene rings is 1. The summed E-state index contributed by atoms with van der Waals surface area (Å²) in [5.41, 5.74) is 7.40. The summed E-state index contributed by atoms with van der Waals surface area (Å²) in [5.74, 6) is 0.264. The molecule has 1 aromatic carbocycles. The molecule has 0 saturated heterocycles. The summed E-state index contributed by atoms with van der Waals surface area (Å²) < 4.78 is 20.7. The first-order chi connectivity index (χ1) is 8.55. The minimum atomic E-state index is -0.409. The largest absolute Gasteiger partial charge is 0.494 e. The third-order valence-electron chi connectivity index (χ3n) is 3.92. The molecule has 1 aliphatic carbocycles. The first-order valence-corrected chi connectivity index (χ1v) is 6.07. The van der Waals surface area contributed by atoms with E-state index in [9.17, 15) is 4.39 Å². The van der Waals surface area contributed by atoms with E-state index in [1.807, 2.05) is 4.57 Å². The quantitative estimate of drug-likeness (QED) is 0.890. The molecule has 2 aromatic rings. The Morgan fingerprint density at radius 3 is 2.72 bits per heavy atom. The molecule has 1 aromatic heterocycles. The van der Waals surface area contributed by atoms with Crippen molar-refractivity contribution in [3.8, 4) is 5.75 Å². The van der Waals surface area contributed by atoms with E-state index in [1.165, 1.54) is 19.6 Å². The van der Waals surface area contributed by atoms with Gasteiger partial charge in [0.1, 0.15) is 0 Å². The molecule has 3 rings (SSSR count). The molecule has 0 atom stereocenters. The van der Waals surface area contributed by atoms with Crippen LogP contribution in [0.4, 0.5) is 10.3 Å². The fraction of sp³-hybridized carbons (Fsp3) is 0.462. The first kappa shape index (κ1) is 11.3. The van der Waals surface area contributed by atoms with Crippen molar-refractivity contribution in [2.45, 2.75) is 31.7 Å². The SMILES string of the molecule is COc1cc2c(cc1F)nc(N)n2C1(C)CCC1. The van der Waals surface area contributed by atoms with Gasteiger partial charge in [0.25, 0.3) is 0 Å². The number of anilines is 1. The van der Waals surface area contributed by atoms with Gasteiger partial charge < -0.3 is 15.0 Å². The van der Waals surface area contributed by atoms with Gasteiger partial charge in [0.05, 0.1) is 18.1 Å². The Balaban J connectivity index is 2.27. The Morgan fingerprint density at radius 1 is 1.44 bits per heavy atom. The number of hydrogen-bond donors (Lipinski definition) is 1. The standard InChI is InChI=1S/C13H16FN3O/c1-13(4-3-5-13)17-10-7-11(18-2)8(14)6-9(10)16-12(17)15/h6-7H,3-5H2,1-2H3,(H2,15,16). The molecule has 1 aliphatic rings. The van der Waals surface area contributed by atoms with Gasteiger partial charge in [-0.3, -0.25) is 0 Å². The van der Waals surface area contributed by atoms with Crippen LogP contribution in [0.5, 0.6) is 5.75 Å². The minimum absolute atomic E-state index is 0.00166. The van der Waals surface area contributed by atoms with E-state index in [2.05, 4.69) is 11.9 Å². The van der Waals surface area contributed by atoms with E-state index >= 15 is 0 Å². The van der Waals surface area contributed by atoms with E-state index in [0.717, 1.165) is 18.4 Å². The molecule has 0 unspecified atom stereocenters. The number of nitrogens with two attached hydrogens (primary N) is 1. The highest BCUT2D eigenvalue weighted by molar-refractivity contribution is 5.80. The van der Waals surface area contributed by atoms with Crippen LogP contribution < -0.4 is 10.5 Å². The number of ether oxygens (including phenoxy) is 1. The molecule has 2 N–H and O–H groups in total. The molecule has 0 radical (unpaired) electrons. The molecule has 0 aliphatic heterocycles. The average Bonchev–Trinajstić information content (AvgIpc) is 2.60. The van der Waals surface area contributed by atoms with E-state index in [1.54, 1.807) is 6.07 Å². The topological polar surface area (TPSA) is 53.1 Å².